The number of amides is 1. The topological polar surface area (TPSA) is 135 Å². The van der Waals surface area contributed by atoms with E-state index in [1.165, 1.54) is 23.9 Å². The lowest BCUT2D eigenvalue weighted by atomic mass is 10.1. The first-order valence-corrected chi connectivity index (χ1v) is 10.2. The minimum atomic E-state index is -3.71. The van der Waals surface area contributed by atoms with Crippen LogP contribution in [-0.2, 0) is 22.2 Å². The number of thioether (sulfide) groups is 1. The number of nitrogens with one attached hydrogen (secondary N) is 2. The Balaban J connectivity index is 1.95. The number of primary sulfonamides is 1. The summed E-state index contributed by atoms with van der Waals surface area (Å²) in [6, 6.07) is 7.25. The van der Waals surface area contributed by atoms with Gasteiger partial charge in [0.05, 0.1) is 10.6 Å². The molecule has 0 aliphatic carbocycles. The molecule has 4 N–H and O–H groups in total. The number of hydrogen-bond acceptors (Lipinski definition) is 6. The molecule has 1 amide bonds. The molecule has 0 saturated heterocycles. The molecule has 0 aliphatic heterocycles. The van der Waals surface area contributed by atoms with Crippen molar-refractivity contribution in [3.05, 3.63) is 57.8 Å². The summed E-state index contributed by atoms with van der Waals surface area (Å²) in [4.78, 5) is 30.4. The molecule has 25 heavy (non-hydrogen) atoms. The smallest absolute Gasteiger partial charge is 0.270 e. The number of carbonyl (C=O) groups is 1. The van der Waals surface area contributed by atoms with Gasteiger partial charge in [-0.25, -0.2) is 18.5 Å². The van der Waals surface area contributed by atoms with Crippen molar-refractivity contribution in [2.45, 2.75) is 17.1 Å². The van der Waals surface area contributed by atoms with Crippen LogP contribution in [0.15, 0.2) is 40.0 Å². The molecule has 0 fully saturated rings. The fourth-order valence-corrected chi connectivity index (χ4v) is 3.01. The van der Waals surface area contributed by atoms with Gasteiger partial charge in [-0.3, -0.25) is 9.59 Å². The zero-order chi connectivity index (χ0) is 18.4. The summed E-state index contributed by atoms with van der Waals surface area (Å²) < 4.78 is 22.4. The van der Waals surface area contributed by atoms with Crippen molar-refractivity contribution in [3.8, 4) is 0 Å². The molecule has 0 aliphatic rings. The normalized spacial score (nSPS) is 11.3. The number of H-pyrrole nitrogens is 1. The van der Waals surface area contributed by atoms with Crippen LogP contribution in [-0.4, -0.2) is 37.1 Å². The van der Waals surface area contributed by atoms with Crippen LogP contribution in [0.25, 0.3) is 0 Å². The van der Waals surface area contributed by atoms with Crippen molar-refractivity contribution in [1.29, 1.82) is 0 Å². The van der Waals surface area contributed by atoms with Gasteiger partial charge >= 0.3 is 0 Å². The number of rotatable bonds is 7. The largest absolute Gasteiger partial charge is 0.350 e. The van der Waals surface area contributed by atoms with Crippen LogP contribution < -0.4 is 16.0 Å². The Hall–Kier alpha value is -2.17. The van der Waals surface area contributed by atoms with Crippen LogP contribution in [0.5, 0.6) is 0 Å². The van der Waals surface area contributed by atoms with Gasteiger partial charge < -0.3 is 10.3 Å². The number of hydrogen-bond donors (Lipinski definition) is 3. The first-order valence-electron chi connectivity index (χ1n) is 7.28. The highest BCUT2D eigenvalue weighted by Crippen LogP contribution is 2.09. The first kappa shape index (κ1) is 19.2. The molecule has 0 radical (unpaired) electrons. The Labute approximate surface area is 149 Å². The van der Waals surface area contributed by atoms with E-state index in [1.54, 1.807) is 12.1 Å². The highest BCUT2D eigenvalue weighted by Gasteiger charge is 2.10. The molecule has 1 aromatic heterocycles. The van der Waals surface area contributed by atoms with Gasteiger partial charge in [-0.2, -0.15) is 11.8 Å². The van der Waals surface area contributed by atoms with Gasteiger partial charge in [0.1, 0.15) is 11.5 Å². The van der Waals surface area contributed by atoms with E-state index in [-0.39, 0.29) is 16.1 Å². The molecular formula is C15H18N4O4S2. The summed E-state index contributed by atoms with van der Waals surface area (Å²) in [7, 11) is -3.71. The lowest BCUT2D eigenvalue weighted by molar-refractivity contribution is 0.0948. The zero-order valence-corrected chi connectivity index (χ0v) is 15.1. The lowest BCUT2D eigenvalue weighted by Gasteiger charge is -2.06. The molecule has 0 unspecified atom stereocenters. The van der Waals surface area contributed by atoms with Gasteiger partial charge in [0, 0.05) is 12.6 Å². The summed E-state index contributed by atoms with van der Waals surface area (Å²) in [5.74, 6) is 0.519. The van der Waals surface area contributed by atoms with Gasteiger partial charge in [-0.1, -0.05) is 12.1 Å². The van der Waals surface area contributed by atoms with Crippen molar-refractivity contribution in [1.82, 2.24) is 15.3 Å². The van der Waals surface area contributed by atoms with Gasteiger partial charge in [0.15, 0.2) is 0 Å². The SMILES string of the molecule is CSCc1nc(C(=O)NCCc2ccc(S(N)(=O)=O)cc2)cc(=O)[nH]1. The van der Waals surface area contributed by atoms with Crippen LogP contribution >= 0.6 is 11.8 Å². The van der Waals surface area contributed by atoms with E-state index in [1.807, 2.05) is 6.26 Å². The van der Waals surface area contributed by atoms with E-state index in [0.29, 0.717) is 24.5 Å². The highest BCUT2D eigenvalue weighted by molar-refractivity contribution is 7.97. The molecule has 2 aromatic rings. The van der Waals surface area contributed by atoms with Crippen LogP contribution in [0, 0.1) is 0 Å². The molecule has 1 aromatic carbocycles. The lowest BCUT2D eigenvalue weighted by Crippen LogP contribution is -2.28. The summed E-state index contributed by atoms with van der Waals surface area (Å²) in [5, 5.41) is 7.72. The standard InChI is InChI=1S/C15H18N4O4S2/c1-24-9-13-18-12(8-14(20)19-13)15(21)17-7-6-10-2-4-11(5-3-10)25(16,22)23/h2-5,8H,6-7,9H2,1H3,(H,17,21)(H2,16,22,23)(H,18,19,20). The number of nitrogens with zero attached hydrogens (tertiary/aromatic N) is 1. The number of aromatic nitrogens is 2. The summed E-state index contributed by atoms with van der Waals surface area (Å²) in [6.45, 7) is 0.319. The maximum atomic E-state index is 12.1. The number of aromatic amines is 1. The predicted octanol–water partition coefficient (Wildman–Crippen LogP) is 0.253. The quantitative estimate of drug-likeness (QED) is 0.628. The Morgan fingerprint density at radius 3 is 2.60 bits per heavy atom. The second-order valence-electron chi connectivity index (χ2n) is 5.21. The van der Waals surface area contributed by atoms with Gasteiger partial charge in [-0.15, -0.1) is 0 Å². The molecule has 2 rings (SSSR count). The fraction of sp³-hybridized carbons (Fsp3) is 0.267. The monoisotopic (exact) mass is 382 g/mol. The van der Waals surface area contributed by atoms with Crippen molar-refractivity contribution < 1.29 is 13.2 Å². The van der Waals surface area contributed by atoms with Crippen molar-refractivity contribution >= 4 is 27.7 Å². The molecule has 0 saturated carbocycles. The number of carbonyl (C=O) groups excluding carboxylic acids is 1. The summed E-state index contributed by atoms with van der Waals surface area (Å²) in [6.07, 6.45) is 2.37. The Morgan fingerprint density at radius 1 is 1.32 bits per heavy atom. The minimum Gasteiger partial charge on any atom is -0.350 e. The van der Waals surface area contributed by atoms with E-state index in [4.69, 9.17) is 5.14 Å². The predicted molar refractivity (Wildman–Crippen MR) is 95.9 cm³/mol. The number of sulfonamides is 1. The van der Waals surface area contributed by atoms with Crippen LogP contribution in [0.1, 0.15) is 21.9 Å². The van der Waals surface area contributed by atoms with Gasteiger partial charge in [0.25, 0.3) is 11.5 Å². The third-order valence-corrected chi connectivity index (χ3v) is 4.75. The van der Waals surface area contributed by atoms with Crippen LogP contribution in [0.2, 0.25) is 0 Å². The average Bonchev–Trinajstić information content (AvgIpc) is 2.54. The molecular weight excluding hydrogens is 364 g/mol. The second-order valence-corrected chi connectivity index (χ2v) is 7.63. The highest BCUT2D eigenvalue weighted by atomic mass is 32.2. The van der Waals surface area contributed by atoms with Gasteiger partial charge in [-0.05, 0) is 30.4 Å². The Bertz CT molecular complexity index is 908. The Morgan fingerprint density at radius 2 is 2.00 bits per heavy atom. The van der Waals surface area contributed by atoms with E-state index in [0.717, 1.165) is 11.6 Å². The van der Waals surface area contributed by atoms with Crippen molar-refractivity contribution in [3.63, 3.8) is 0 Å². The van der Waals surface area contributed by atoms with Crippen LogP contribution in [0.3, 0.4) is 0 Å². The number of benzene rings is 1. The maximum Gasteiger partial charge on any atom is 0.270 e. The zero-order valence-electron chi connectivity index (χ0n) is 13.5. The third kappa shape index (κ3) is 5.69. The third-order valence-electron chi connectivity index (χ3n) is 3.26. The molecule has 0 bridgehead atoms. The molecule has 10 heteroatoms. The maximum absolute atomic E-state index is 12.1. The Kier molecular flexibility index (Phi) is 6.34. The summed E-state index contributed by atoms with van der Waals surface area (Å²) in [5.41, 5.74) is 0.537. The van der Waals surface area contributed by atoms with E-state index in [2.05, 4.69) is 15.3 Å². The van der Waals surface area contributed by atoms with Crippen molar-refractivity contribution in [2.75, 3.05) is 12.8 Å². The molecule has 0 atom stereocenters. The minimum absolute atomic E-state index is 0.0364. The van der Waals surface area contributed by atoms with Gasteiger partial charge in [0.2, 0.25) is 10.0 Å². The molecule has 1 heterocycles. The second kappa shape index (κ2) is 8.28. The number of nitrogens with two attached hydrogens (primary N) is 1. The van der Waals surface area contributed by atoms with E-state index >= 15 is 0 Å². The van der Waals surface area contributed by atoms with E-state index in [9.17, 15) is 18.0 Å². The molecule has 134 valence electrons. The van der Waals surface area contributed by atoms with E-state index < -0.39 is 15.9 Å². The first-order chi connectivity index (χ1) is 11.8. The average molecular weight is 382 g/mol. The van der Waals surface area contributed by atoms with Crippen LogP contribution in [0.4, 0.5) is 0 Å². The molecule has 8 nitrogen and oxygen atoms in total. The molecule has 0 spiro atoms. The van der Waals surface area contributed by atoms with Crippen molar-refractivity contribution in [2.24, 2.45) is 5.14 Å². The summed E-state index contributed by atoms with van der Waals surface area (Å²) >= 11 is 1.49. The fourth-order valence-electron chi connectivity index (χ4n) is 2.09.